The first-order chi connectivity index (χ1) is 20.7. The number of ether oxygens (including phenoxy) is 1. The van der Waals surface area contributed by atoms with Crippen molar-refractivity contribution in [1.82, 2.24) is 34.5 Å². The number of rotatable bonds is 6. The molecular formula is C32H39N9O2. The minimum absolute atomic E-state index is 0.145. The van der Waals surface area contributed by atoms with Crippen LogP contribution in [0.1, 0.15) is 56.8 Å². The Morgan fingerprint density at radius 3 is 2.53 bits per heavy atom. The SMILES string of the molecule is COc1cc(-c2cnn(C3CCN(C(=O)C(C#N)=CC(C)(C)N4CC5(CCNCC5)C4)CC3)c2C)cn2ncc(C#N)c12. The van der Waals surface area contributed by atoms with Crippen molar-refractivity contribution >= 4 is 11.4 Å². The lowest BCUT2D eigenvalue weighted by Gasteiger charge is -2.57. The molecular weight excluding hydrogens is 542 g/mol. The second kappa shape index (κ2) is 11.1. The lowest BCUT2D eigenvalue weighted by Crippen LogP contribution is -2.65. The minimum atomic E-state index is -0.351. The molecule has 6 rings (SSSR count). The number of aromatic nitrogens is 4. The van der Waals surface area contributed by atoms with Gasteiger partial charge in [0.15, 0.2) is 0 Å². The Bertz CT molecular complexity index is 1650. The lowest BCUT2D eigenvalue weighted by atomic mass is 9.70. The Morgan fingerprint density at radius 1 is 1.16 bits per heavy atom. The fourth-order valence-electron chi connectivity index (χ4n) is 7.06. The quantitative estimate of drug-likeness (QED) is 0.346. The molecule has 0 bridgehead atoms. The van der Waals surface area contributed by atoms with E-state index in [1.54, 1.807) is 11.6 Å². The summed E-state index contributed by atoms with van der Waals surface area (Å²) in [6, 6.07) is 6.43. The Labute approximate surface area is 252 Å². The number of nitriles is 2. The molecule has 3 saturated heterocycles. The Morgan fingerprint density at radius 2 is 1.88 bits per heavy atom. The van der Waals surface area contributed by atoms with Crippen LogP contribution in [0.2, 0.25) is 0 Å². The number of carbonyl (C=O) groups excluding carboxylic acids is 1. The molecule has 3 aliphatic heterocycles. The van der Waals surface area contributed by atoms with Crippen LogP contribution in [0.15, 0.2) is 36.3 Å². The summed E-state index contributed by atoms with van der Waals surface area (Å²) in [5, 5.41) is 31.9. The van der Waals surface area contributed by atoms with Gasteiger partial charge in [0.25, 0.3) is 5.91 Å². The Kier molecular flexibility index (Phi) is 7.49. The first kappa shape index (κ1) is 28.9. The molecule has 224 valence electrons. The summed E-state index contributed by atoms with van der Waals surface area (Å²) < 4.78 is 9.30. The van der Waals surface area contributed by atoms with Gasteiger partial charge in [0.2, 0.25) is 0 Å². The smallest absolute Gasteiger partial charge is 0.264 e. The third-order valence-corrected chi connectivity index (χ3v) is 9.75. The zero-order valence-corrected chi connectivity index (χ0v) is 25.4. The van der Waals surface area contributed by atoms with E-state index in [4.69, 9.17) is 9.84 Å². The van der Waals surface area contributed by atoms with Crippen LogP contribution in [0.25, 0.3) is 16.6 Å². The molecule has 3 aromatic rings. The number of nitrogens with one attached hydrogen (secondary N) is 1. The number of likely N-dealkylation sites (tertiary alicyclic amines) is 2. The van der Waals surface area contributed by atoms with Gasteiger partial charge in [-0.3, -0.25) is 14.4 Å². The van der Waals surface area contributed by atoms with Gasteiger partial charge in [-0.05, 0) is 77.1 Å². The zero-order chi connectivity index (χ0) is 30.4. The van der Waals surface area contributed by atoms with Gasteiger partial charge in [-0.2, -0.15) is 20.7 Å². The second-order valence-corrected chi connectivity index (χ2v) is 12.8. The maximum Gasteiger partial charge on any atom is 0.264 e. The standard InChI is InChI=1S/C32H39N9O2/c1-22-27(23-13-28(43-4)29-25(16-34)17-36-40(29)19-23)18-37-41(22)26-5-11-38(12-6-26)30(42)24(15-33)14-31(2,3)39-20-32(21-39)7-9-35-10-8-32/h13-14,17-19,26,35H,5-12,20-21H2,1-4H3. The number of methoxy groups -OCH3 is 1. The normalized spacial score (nSPS) is 19.7. The molecule has 3 aromatic heterocycles. The maximum absolute atomic E-state index is 13.5. The molecule has 0 atom stereocenters. The highest BCUT2D eigenvalue weighted by Gasteiger charge is 2.48. The molecule has 0 saturated carbocycles. The van der Waals surface area contributed by atoms with Crippen LogP contribution in [-0.4, -0.2) is 87.0 Å². The van der Waals surface area contributed by atoms with Crippen LogP contribution in [0, 0.1) is 35.0 Å². The van der Waals surface area contributed by atoms with Gasteiger partial charge in [0.05, 0.1) is 25.5 Å². The van der Waals surface area contributed by atoms with E-state index in [2.05, 4.69) is 41.3 Å². The number of nitrogens with zero attached hydrogens (tertiary/aromatic N) is 8. The average Bonchev–Trinajstić information content (AvgIpc) is 3.61. The monoisotopic (exact) mass is 581 g/mol. The molecule has 1 amide bonds. The van der Waals surface area contributed by atoms with Crippen molar-refractivity contribution in [3.05, 3.63) is 47.6 Å². The molecule has 1 spiro atoms. The number of hydrogen-bond donors (Lipinski definition) is 1. The molecule has 0 aromatic carbocycles. The predicted molar refractivity (Wildman–Crippen MR) is 161 cm³/mol. The molecule has 1 N–H and O–H groups in total. The number of carbonyl (C=O) groups is 1. The fraction of sp³-hybridized carbons (Fsp3) is 0.531. The van der Waals surface area contributed by atoms with Gasteiger partial charge in [0.1, 0.15) is 34.5 Å². The van der Waals surface area contributed by atoms with E-state index in [1.165, 1.54) is 19.0 Å². The average molecular weight is 582 g/mol. The second-order valence-electron chi connectivity index (χ2n) is 12.8. The number of hydrogen-bond acceptors (Lipinski definition) is 8. The lowest BCUT2D eigenvalue weighted by molar-refractivity contribution is -0.128. The van der Waals surface area contributed by atoms with Gasteiger partial charge in [-0.25, -0.2) is 4.52 Å². The van der Waals surface area contributed by atoms with E-state index >= 15 is 0 Å². The summed E-state index contributed by atoms with van der Waals surface area (Å²) in [5.74, 6) is 0.398. The number of amides is 1. The van der Waals surface area contributed by atoms with Gasteiger partial charge in [-0.15, -0.1) is 0 Å². The van der Waals surface area contributed by atoms with Crippen molar-refractivity contribution in [1.29, 1.82) is 10.5 Å². The summed E-state index contributed by atoms with van der Waals surface area (Å²) in [5.41, 5.74) is 4.24. The molecule has 3 fully saturated rings. The van der Waals surface area contributed by atoms with E-state index in [0.29, 0.717) is 35.3 Å². The predicted octanol–water partition coefficient (Wildman–Crippen LogP) is 3.46. The Balaban J connectivity index is 1.12. The summed E-state index contributed by atoms with van der Waals surface area (Å²) in [6.45, 7) is 11.6. The van der Waals surface area contributed by atoms with E-state index in [9.17, 15) is 15.3 Å². The van der Waals surface area contributed by atoms with Gasteiger partial charge in [0, 0.05) is 54.7 Å². The molecule has 11 heteroatoms. The van der Waals surface area contributed by atoms with Gasteiger partial charge < -0.3 is 15.0 Å². The summed E-state index contributed by atoms with van der Waals surface area (Å²) in [6.07, 6.45) is 11.0. The molecule has 0 unspecified atom stereocenters. The first-order valence-electron chi connectivity index (χ1n) is 15.1. The van der Waals surface area contributed by atoms with Crippen LogP contribution < -0.4 is 10.1 Å². The molecule has 0 radical (unpaired) electrons. The van der Waals surface area contributed by atoms with Crippen LogP contribution in [-0.2, 0) is 4.79 Å². The van der Waals surface area contributed by atoms with Crippen LogP contribution in [0.4, 0.5) is 0 Å². The summed E-state index contributed by atoms with van der Waals surface area (Å²) in [4.78, 5) is 17.7. The van der Waals surface area contributed by atoms with Crippen molar-refractivity contribution in [2.45, 2.75) is 58.0 Å². The summed E-state index contributed by atoms with van der Waals surface area (Å²) in [7, 11) is 1.59. The zero-order valence-electron chi connectivity index (χ0n) is 25.4. The van der Waals surface area contributed by atoms with Gasteiger partial charge in [-0.1, -0.05) is 0 Å². The minimum Gasteiger partial charge on any atom is -0.494 e. The number of pyridine rings is 1. The van der Waals surface area contributed by atoms with Crippen LogP contribution >= 0.6 is 0 Å². The third-order valence-electron chi connectivity index (χ3n) is 9.75. The van der Waals surface area contributed by atoms with Crippen molar-refractivity contribution in [2.24, 2.45) is 5.41 Å². The van der Waals surface area contributed by atoms with Crippen LogP contribution in [0.5, 0.6) is 5.75 Å². The maximum atomic E-state index is 13.5. The highest BCUT2D eigenvalue weighted by Crippen LogP contribution is 2.43. The summed E-state index contributed by atoms with van der Waals surface area (Å²) >= 11 is 0. The highest BCUT2D eigenvalue weighted by molar-refractivity contribution is 5.97. The Hall–Kier alpha value is -4.19. The third kappa shape index (κ3) is 5.17. The molecule has 43 heavy (non-hydrogen) atoms. The largest absolute Gasteiger partial charge is 0.494 e. The van der Waals surface area contributed by atoms with Crippen molar-refractivity contribution in [2.75, 3.05) is 46.4 Å². The molecule has 0 aliphatic carbocycles. The highest BCUT2D eigenvalue weighted by atomic mass is 16.5. The number of piperidine rings is 2. The van der Waals surface area contributed by atoms with Crippen molar-refractivity contribution in [3.8, 4) is 29.0 Å². The van der Waals surface area contributed by atoms with Crippen molar-refractivity contribution < 1.29 is 9.53 Å². The van der Waals surface area contributed by atoms with E-state index in [1.807, 2.05) is 41.0 Å². The van der Waals surface area contributed by atoms with E-state index in [0.717, 1.165) is 55.8 Å². The molecule has 6 heterocycles. The topological polar surface area (TPSA) is 128 Å². The van der Waals surface area contributed by atoms with Crippen LogP contribution in [0.3, 0.4) is 0 Å². The van der Waals surface area contributed by atoms with E-state index < -0.39 is 0 Å². The first-order valence-corrected chi connectivity index (χ1v) is 15.1. The molecule has 11 nitrogen and oxygen atoms in total. The van der Waals surface area contributed by atoms with Gasteiger partial charge >= 0.3 is 0 Å². The fourth-order valence-corrected chi connectivity index (χ4v) is 7.06. The number of fused-ring (bicyclic) bond motifs is 1. The molecule has 3 aliphatic rings. The van der Waals surface area contributed by atoms with Crippen molar-refractivity contribution in [3.63, 3.8) is 0 Å². The van der Waals surface area contributed by atoms with E-state index in [-0.39, 0.29) is 23.1 Å².